The Labute approximate surface area is 133 Å². The van der Waals surface area contributed by atoms with Crippen molar-refractivity contribution in [1.29, 1.82) is 0 Å². The minimum absolute atomic E-state index is 0.0907. The third kappa shape index (κ3) is 5.11. The minimum atomic E-state index is 0.0907. The average molecular weight is 304 g/mol. The molecule has 4 nitrogen and oxygen atoms in total. The number of benzene rings is 1. The number of likely N-dealkylation sites (tertiary alicyclic amines) is 1. The number of nitrogens with one attached hydrogen (secondary N) is 1. The maximum Gasteiger partial charge on any atom is 0.234 e. The van der Waals surface area contributed by atoms with Crippen LogP contribution in [0.5, 0.6) is 0 Å². The molecule has 122 valence electrons. The number of piperidine rings is 1. The molecular weight excluding hydrogens is 276 g/mol. The van der Waals surface area contributed by atoms with Gasteiger partial charge in [0.15, 0.2) is 0 Å². The van der Waals surface area contributed by atoms with Crippen molar-refractivity contribution in [3.05, 3.63) is 35.9 Å². The molecule has 0 aromatic heterocycles. The maximum atomic E-state index is 12.1. The molecule has 2 atom stereocenters. The van der Waals surface area contributed by atoms with Gasteiger partial charge in [0.2, 0.25) is 5.91 Å². The van der Waals surface area contributed by atoms with Gasteiger partial charge in [-0.1, -0.05) is 37.3 Å². The van der Waals surface area contributed by atoms with E-state index in [1.807, 2.05) is 18.2 Å². The van der Waals surface area contributed by atoms with Gasteiger partial charge in [0, 0.05) is 25.6 Å². The molecule has 0 saturated carbocycles. The molecule has 1 amide bonds. The summed E-state index contributed by atoms with van der Waals surface area (Å²) in [5, 5.41) is 12.3. The Bertz CT molecular complexity index is 450. The monoisotopic (exact) mass is 304 g/mol. The van der Waals surface area contributed by atoms with E-state index in [1.54, 1.807) is 0 Å². The average Bonchev–Trinajstić information content (AvgIpc) is 2.56. The van der Waals surface area contributed by atoms with Gasteiger partial charge in [0.25, 0.3) is 0 Å². The van der Waals surface area contributed by atoms with Crippen LogP contribution in [0.3, 0.4) is 0 Å². The number of aliphatic hydroxyl groups is 1. The van der Waals surface area contributed by atoms with Gasteiger partial charge in [-0.05, 0) is 37.3 Å². The van der Waals surface area contributed by atoms with Crippen molar-refractivity contribution in [3.8, 4) is 0 Å². The molecule has 1 fully saturated rings. The maximum absolute atomic E-state index is 12.1. The highest BCUT2D eigenvalue weighted by Crippen LogP contribution is 2.18. The molecule has 1 heterocycles. The molecule has 1 aliphatic rings. The normalized spacial score (nSPS) is 20.5. The van der Waals surface area contributed by atoms with Crippen LogP contribution in [0.2, 0.25) is 0 Å². The van der Waals surface area contributed by atoms with Crippen molar-refractivity contribution in [1.82, 2.24) is 10.2 Å². The lowest BCUT2D eigenvalue weighted by Gasteiger charge is -2.31. The summed E-state index contributed by atoms with van der Waals surface area (Å²) in [4.78, 5) is 14.3. The third-order valence-corrected chi connectivity index (χ3v) is 4.54. The second-order valence-electron chi connectivity index (χ2n) is 6.25. The zero-order valence-electron chi connectivity index (χ0n) is 13.5. The Morgan fingerprint density at radius 2 is 2.18 bits per heavy atom. The fourth-order valence-electron chi connectivity index (χ4n) is 3.16. The van der Waals surface area contributed by atoms with E-state index in [1.165, 1.54) is 5.56 Å². The van der Waals surface area contributed by atoms with Crippen LogP contribution in [-0.4, -0.2) is 48.7 Å². The van der Waals surface area contributed by atoms with Crippen LogP contribution < -0.4 is 5.32 Å². The summed E-state index contributed by atoms with van der Waals surface area (Å²) in [6.07, 6.45) is 3.15. The summed E-state index contributed by atoms with van der Waals surface area (Å²) in [6, 6.07) is 10.3. The first-order chi connectivity index (χ1) is 10.7. The first-order valence-corrected chi connectivity index (χ1v) is 8.37. The van der Waals surface area contributed by atoms with Gasteiger partial charge >= 0.3 is 0 Å². The summed E-state index contributed by atoms with van der Waals surface area (Å²) in [6.45, 7) is 5.31. The van der Waals surface area contributed by atoms with Gasteiger partial charge in [-0.25, -0.2) is 0 Å². The standard InChI is InChI=1S/C18H28N2O2/c1-2-16(17-8-4-3-5-9-17)11-19-18(22)13-20-10-6-7-15(12-20)14-21/h3-5,8-9,15-16,21H,2,6-7,10-14H2,1H3,(H,19,22). The number of nitrogens with zero attached hydrogens (tertiary/aromatic N) is 1. The van der Waals surface area contributed by atoms with Crippen LogP contribution in [0.1, 0.15) is 37.7 Å². The molecule has 1 saturated heterocycles. The van der Waals surface area contributed by atoms with E-state index in [9.17, 15) is 9.90 Å². The highest BCUT2D eigenvalue weighted by Gasteiger charge is 2.21. The van der Waals surface area contributed by atoms with Crippen LogP contribution >= 0.6 is 0 Å². The van der Waals surface area contributed by atoms with Gasteiger partial charge in [0.05, 0.1) is 6.54 Å². The van der Waals surface area contributed by atoms with E-state index in [0.29, 0.717) is 24.9 Å². The molecule has 0 spiro atoms. The molecular formula is C18H28N2O2. The number of rotatable bonds is 7. The van der Waals surface area contributed by atoms with E-state index < -0.39 is 0 Å². The Kier molecular flexibility index (Phi) is 6.87. The minimum Gasteiger partial charge on any atom is -0.396 e. The summed E-state index contributed by atoms with van der Waals surface area (Å²) in [5.41, 5.74) is 1.28. The first kappa shape index (κ1) is 17.0. The van der Waals surface area contributed by atoms with Crippen LogP contribution in [0, 0.1) is 5.92 Å². The number of hydrogen-bond acceptors (Lipinski definition) is 3. The zero-order valence-corrected chi connectivity index (χ0v) is 13.5. The molecule has 2 unspecified atom stereocenters. The number of carbonyl (C=O) groups excluding carboxylic acids is 1. The Balaban J connectivity index is 1.77. The van der Waals surface area contributed by atoms with Crippen molar-refractivity contribution >= 4 is 5.91 Å². The summed E-state index contributed by atoms with van der Waals surface area (Å²) >= 11 is 0. The summed E-state index contributed by atoms with van der Waals surface area (Å²) < 4.78 is 0. The van der Waals surface area contributed by atoms with Crippen molar-refractivity contribution < 1.29 is 9.90 Å². The molecule has 1 aromatic rings. The molecule has 22 heavy (non-hydrogen) atoms. The Morgan fingerprint density at radius 1 is 1.41 bits per heavy atom. The first-order valence-electron chi connectivity index (χ1n) is 8.37. The van der Waals surface area contributed by atoms with Crippen LogP contribution in [-0.2, 0) is 4.79 Å². The number of aliphatic hydroxyl groups excluding tert-OH is 1. The molecule has 4 heteroatoms. The predicted molar refractivity (Wildman–Crippen MR) is 88.7 cm³/mol. The number of amides is 1. The molecule has 0 radical (unpaired) electrons. The van der Waals surface area contributed by atoms with Crippen molar-refractivity contribution in [2.45, 2.75) is 32.1 Å². The molecule has 2 rings (SSSR count). The van der Waals surface area contributed by atoms with Gasteiger partial charge in [-0.15, -0.1) is 0 Å². The van der Waals surface area contributed by atoms with Crippen molar-refractivity contribution in [2.24, 2.45) is 5.92 Å². The lowest BCUT2D eigenvalue weighted by molar-refractivity contribution is -0.122. The fraction of sp³-hybridized carbons (Fsp3) is 0.611. The summed E-state index contributed by atoms with van der Waals surface area (Å²) in [5.74, 6) is 0.791. The lowest BCUT2D eigenvalue weighted by Crippen LogP contribution is -2.43. The molecule has 1 aliphatic heterocycles. The van der Waals surface area contributed by atoms with E-state index in [0.717, 1.165) is 32.4 Å². The lowest BCUT2D eigenvalue weighted by atomic mass is 9.96. The second kappa shape index (κ2) is 8.91. The quantitative estimate of drug-likeness (QED) is 0.810. The van der Waals surface area contributed by atoms with Gasteiger partial charge in [0.1, 0.15) is 0 Å². The van der Waals surface area contributed by atoms with Crippen LogP contribution in [0.15, 0.2) is 30.3 Å². The topological polar surface area (TPSA) is 52.6 Å². The predicted octanol–water partition coefficient (Wildman–Crippen LogP) is 2.00. The van der Waals surface area contributed by atoms with Gasteiger partial charge in [-0.2, -0.15) is 0 Å². The molecule has 0 bridgehead atoms. The Morgan fingerprint density at radius 3 is 2.86 bits per heavy atom. The Hall–Kier alpha value is -1.39. The molecule has 2 N–H and O–H groups in total. The summed E-state index contributed by atoms with van der Waals surface area (Å²) in [7, 11) is 0. The van der Waals surface area contributed by atoms with Crippen LogP contribution in [0.4, 0.5) is 0 Å². The van der Waals surface area contributed by atoms with E-state index in [4.69, 9.17) is 0 Å². The number of carbonyl (C=O) groups is 1. The fourth-order valence-corrected chi connectivity index (χ4v) is 3.16. The SMILES string of the molecule is CCC(CNC(=O)CN1CCCC(CO)C1)c1ccccc1. The second-order valence-corrected chi connectivity index (χ2v) is 6.25. The largest absolute Gasteiger partial charge is 0.396 e. The van der Waals surface area contributed by atoms with E-state index in [2.05, 4.69) is 29.3 Å². The zero-order chi connectivity index (χ0) is 15.8. The van der Waals surface area contributed by atoms with Crippen molar-refractivity contribution in [2.75, 3.05) is 32.8 Å². The molecule has 1 aromatic carbocycles. The third-order valence-electron chi connectivity index (χ3n) is 4.54. The van der Waals surface area contributed by atoms with E-state index in [-0.39, 0.29) is 12.5 Å². The van der Waals surface area contributed by atoms with Crippen LogP contribution in [0.25, 0.3) is 0 Å². The van der Waals surface area contributed by atoms with Gasteiger partial charge in [-0.3, -0.25) is 9.69 Å². The van der Waals surface area contributed by atoms with Crippen molar-refractivity contribution in [3.63, 3.8) is 0 Å². The number of hydrogen-bond donors (Lipinski definition) is 2. The van der Waals surface area contributed by atoms with Gasteiger partial charge < -0.3 is 10.4 Å². The van der Waals surface area contributed by atoms with E-state index >= 15 is 0 Å². The molecule has 0 aliphatic carbocycles. The smallest absolute Gasteiger partial charge is 0.234 e. The highest BCUT2D eigenvalue weighted by molar-refractivity contribution is 5.78. The highest BCUT2D eigenvalue weighted by atomic mass is 16.3.